The first-order valence-corrected chi connectivity index (χ1v) is 5.83. The van der Waals surface area contributed by atoms with E-state index in [1.807, 2.05) is 5.38 Å². The maximum absolute atomic E-state index is 6.03. The van der Waals surface area contributed by atoms with Crippen LogP contribution in [0.15, 0.2) is 10.4 Å². The van der Waals surface area contributed by atoms with E-state index in [1.54, 1.807) is 0 Å². The van der Waals surface area contributed by atoms with Crippen molar-refractivity contribution in [3.8, 4) is 0 Å². The summed E-state index contributed by atoms with van der Waals surface area (Å²) in [4.78, 5) is 8.58. The SMILES string of the molecule is CC(C)(C)c1csc(C2(N)N=C(N)NN2)n1. The van der Waals surface area contributed by atoms with Crippen LogP contribution >= 0.6 is 11.3 Å². The standard InChI is InChI=1S/C9H16N6S/c1-8(2,3)5-4-16-6(12-5)9(11)13-7(10)14-15-9/h4,15H,11H2,1-3H3,(H3,10,13,14). The molecule has 0 bridgehead atoms. The number of aromatic nitrogens is 1. The fraction of sp³-hybridized carbons (Fsp3) is 0.556. The van der Waals surface area contributed by atoms with Crippen molar-refractivity contribution in [1.29, 1.82) is 0 Å². The van der Waals surface area contributed by atoms with Crippen LogP contribution in [-0.4, -0.2) is 10.9 Å². The second-order valence-electron chi connectivity index (χ2n) is 4.80. The van der Waals surface area contributed by atoms with Gasteiger partial charge in [0.2, 0.25) is 11.7 Å². The normalized spacial score (nSPS) is 25.4. The van der Waals surface area contributed by atoms with Crippen molar-refractivity contribution in [3.63, 3.8) is 0 Å². The van der Waals surface area contributed by atoms with Gasteiger partial charge in [0, 0.05) is 10.8 Å². The van der Waals surface area contributed by atoms with Crippen LogP contribution in [0.2, 0.25) is 0 Å². The number of hydrogen-bond donors (Lipinski definition) is 4. The topological polar surface area (TPSA) is 101 Å². The van der Waals surface area contributed by atoms with Gasteiger partial charge in [0.1, 0.15) is 0 Å². The van der Waals surface area contributed by atoms with Crippen molar-refractivity contribution in [2.45, 2.75) is 32.0 Å². The summed E-state index contributed by atoms with van der Waals surface area (Å²) in [5.41, 5.74) is 18.0. The Balaban J connectivity index is 2.33. The van der Waals surface area contributed by atoms with Crippen LogP contribution in [-0.2, 0) is 11.2 Å². The Kier molecular flexibility index (Phi) is 2.41. The highest BCUT2D eigenvalue weighted by atomic mass is 32.1. The van der Waals surface area contributed by atoms with E-state index >= 15 is 0 Å². The molecule has 2 heterocycles. The van der Waals surface area contributed by atoms with E-state index in [2.05, 4.69) is 41.6 Å². The molecule has 7 heteroatoms. The highest BCUT2D eigenvalue weighted by Gasteiger charge is 2.35. The van der Waals surface area contributed by atoms with E-state index in [0.29, 0.717) is 5.01 Å². The van der Waals surface area contributed by atoms with Crippen molar-refractivity contribution >= 4 is 17.3 Å². The minimum absolute atomic E-state index is 0.00635. The molecule has 6 N–H and O–H groups in total. The zero-order valence-corrected chi connectivity index (χ0v) is 10.4. The van der Waals surface area contributed by atoms with Crippen molar-refractivity contribution in [1.82, 2.24) is 15.8 Å². The number of aliphatic imine (C=N–C) groups is 1. The summed E-state index contributed by atoms with van der Waals surface area (Å²) in [5.74, 6) is -0.770. The van der Waals surface area contributed by atoms with Gasteiger partial charge in [-0.3, -0.25) is 11.2 Å². The maximum Gasteiger partial charge on any atom is 0.235 e. The maximum atomic E-state index is 6.03. The highest BCUT2D eigenvalue weighted by molar-refractivity contribution is 7.09. The minimum Gasteiger partial charge on any atom is -0.369 e. The molecule has 88 valence electrons. The number of hydrazine groups is 1. The average molecular weight is 240 g/mol. The van der Waals surface area contributed by atoms with Crippen molar-refractivity contribution in [3.05, 3.63) is 16.1 Å². The Labute approximate surface area is 98.1 Å². The molecule has 1 aliphatic heterocycles. The van der Waals surface area contributed by atoms with Gasteiger partial charge in [-0.15, -0.1) is 11.3 Å². The van der Waals surface area contributed by atoms with Gasteiger partial charge in [0.15, 0.2) is 5.01 Å². The van der Waals surface area contributed by atoms with Crippen LogP contribution in [0.5, 0.6) is 0 Å². The number of nitrogens with two attached hydrogens (primary N) is 2. The summed E-state index contributed by atoms with van der Waals surface area (Å²) in [5, 5.41) is 2.70. The number of rotatable bonds is 1. The predicted molar refractivity (Wildman–Crippen MR) is 64.6 cm³/mol. The molecule has 6 nitrogen and oxygen atoms in total. The Morgan fingerprint density at radius 3 is 2.56 bits per heavy atom. The lowest BCUT2D eigenvalue weighted by Gasteiger charge is -2.18. The van der Waals surface area contributed by atoms with Gasteiger partial charge < -0.3 is 5.73 Å². The fourth-order valence-electron chi connectivity index (χ4n) is 1.30. The predicted octanol–water partition coefficient (Wildman–Crippen LogP) is -0.0679. The van der Waals surface area contributed by atoms with E-state index < -0.39 is 5.79 Å². The first kappa shape index (κ1) is 11.3. The molecule has 1 atom stereocenters. The molecule has 0 saturated heterocycles. The van der Waals surface area contributed by atoms with Crippen molar-refractivity contribution in [2.24, 2.45) is 16.5 Å². The van der Waals surface area contributed by atoms with Crippen LogP contribution in [0.1, 0.15) is 31.5 Å². The summed E-state index contributed by atoms with van der Waals surface area (Å²) in [7, 11) is 0. The number of nitrogens with zero attached hydrogens (tertiary/aromatic N) is 2. The van der Waals surface area contributed by atoms with Gasteiger partial charge in [-0.25, -0.2) is 9.98 Å². The lowest BCUT2D eigenvalue weighted by molar-refractivity contribution is 0.371. The number of guanidine groups is 1. The summed E-state index contributed by atoms with van der Waals surface area (Å²) in [6.45, 7) is 6.31. The zero-order chi connectivity index (χ0) is 12.0. The lowest BCUT2D eigenvalue weighted by Crippen LogP contribution is -2.50. The summed E-state index contributed by atoms with van der Waals surface area (Å²) in [6, 6.07) is 0. The zero-order valence-electron chi connectivity index (χ0n) is 9.53. The van der Waals surface area contributed by atoms with E-state index in [0.717, 1.165) is 5.69 Å². The molecule has 0 radical (unpaired) electrons. The fourth-order valence-corrected chi connectivity index (χ4v) is 2.36. The quantitative estimate of drug-likeness (QED) is 0.550. The van der Waals surface area contributed by atoms with Gasteiger partial charge in [-0.2, -0.15) is 5.43 Å². The summed E-state index contributed by atoms with van der Waals surface area (Å²) >= 11 is 1.47. The summed E-state index contributed by atoms with van der Waals surface area (Å²) < 4.78 is 0. The molecule has 16 heavy (non-hydrogen) atoms. The molecule has 0 fully saturated rings. The Morgan fingerprint density at radius 2 is 2.12 bits per heavy atom. The molecule has 0 amide bonds. The second-order valence-corrected chi connectivity index (χ2v) is 5.66. The van der Waals surface area contributed by atoms with Gasteiger partial charge in [0.25, 0.3) is 0 Å². The number of hydrogen-bond acceptors (Lipinski definition) is 7. The lowest BCUT2D eigenvalue weighted by atomic mass is 9.93. The monoisotopic (exact) mass is 240 g/mol. The minimum atomic E-state index is -1.04. The van der Waals surface area contributed by atoms with Crippen LogP contribution in [0.4, 0.5) is 0 Å². The molecule has 1 unspecified atom stereocenters. The van der Waals surface area contributed by atoms with Crippen LogP contribution in [0, 0.1) is 0 Å². The number of thiazole rings is 1. The smallest absolute Gasteiger partial charge is 0.235 e. The molecule has 0 saturated carbocycles. The first-order valence-electron chi connectivity index (χ1n) is 4.95. The van der Waals surface area contributed by atoms with Crippen LogP contribution in [0.3, 0.4) is 0 Å². The molecular formula is C9H16N6S. The van der Waals surface area contributed by atoms with Crippen molar-refractivity contribution < 1.29 is 0 Å². The van der Waals surface area contributed by atoms with Gasteiger partial charge >= 0.3 is 0 Å². The molecule has 0 aliphatic carbocycles. The molecular weight excluding hydrogens is 224 g/mol. The van der Waals surface area contributed by atoms with Gasteiger partial charge in [-0.05, 0) is 0 Å². The van der Waals surface area contributed by atoms with E-state index in [4.69, 9.17) is 11.5 Å². The largest absolute Gasteiger partial charge is 0.369 e. The van der Waals surface area contributed by atoms with Crippen LogP contribution in [0.25, 0.3) is 0 Å². The Bertz CT molecular complexity index is 431. The van der Waals surface area contributed by atoms with Crippen LogP contribution < -0.4 is 22.3 Å². The van der Waals surface area contributed by atoms with E-state index in [1.165, 1.54) is 11.3 Å². The third-order valence-corrected chi connectivity index (χ3v) is 3.24. The van der Waals surface area contributed by atoms with Gasteiger partial charge in [-0.1, -0.05) is 20.8 Å². The molecule has 1 aliphatic rings. The first-order chi connectivity index (χ1) is 7.31. The third-order valence-electron chi connectivity index (χ3n) is 2.28. The second kappa shape index (κ2) is 3.41. The molecule has 2 rings (SSSR count). The number of nitrogens with one attached hydrogen (secondary N) is 2. The third kappa shape index (κ3) is 1.89. The van der Waals surface area contributed by atoms with Crippen molar-refractivity contribution in [2.75, 3.05) is 0 Å². The highest BCUT2D eigenvalue weighted by Crippen LogP contribution is 2.28. The van der Waals surface area contributed by atoms with E-state index in [-0.39, 0.29) is 11.4 Å². The van der Waals surface area contributed by atoms with E-state index in [9.17, 15) is 0 Å². The summed E-state index contributed by atoms with van der Waals surface area (Å²) in [6.07, 6.45) is 0. The molecule has 1 aromatic heterocycles. The molecule has 0 spiro atoms. The average Bonchev–Trinajstić information content (AvgIpc) is 2.71. The Morgan fingerprint density at radius 1 is 1.44 bits per heavy atom. The van der Waals surface area contributed by atoms with Gasteiger partial charge in [0.05, 0.1) is 5.69 Å². The molecule has 1 aromatic rings. The Hall–Kier alpha value is -1.18. The molecule has 0 aromatic carbocycles.